The molecule has 258 valence electrons. The number of carbonyl (C=O) groups excluding carboxylic acids is 4. The van der Waals surface area contributed by atoms with Gasteiger partial charge in [-0.05, 0) is 47.7 Å². The third-order valence-electron chi connectivity index (χ3n) is 8.15. The molecule has 1 unspecified atom stereocenters. The number of pyridine rings is 1. The van der Waals surface area contributed by atoms with Gasteiger partial charge in [0.05, 0.1) is 18.7 Å². The molecular formula is C33H39N9O7. The summed E-state index contributed by atoms with van der Waals surface area (Å²) in [5.74, 6) is -2.22. The summed E-state index contributed by atoms with van der Waals surface area (Å²) in [5.41, 5.74) is 4.23. The number of nitrogens with one attached hydrogen (secondary N) is 3. The zero-order valence-electron chi connectivity index (χ0n) is 27.2. The molecule has 4 heterocycles. The van der Waals surface area contributed by atoms with Crippen molar-refractivity contribution in [3.05, 3.63) is 71.2 Å². The van der Waals surface area contributed by atoms with Crippen molar-refractivity contribution in [3.8, 4) is 0 Å². The summed E-state index contributed by atoms with van der Waals surface area (Å²) in [5, 5.41) is 30.8. The van der Waals surface area contributed by atoms with E-state index in [4.69, 9.17) is 14.6 Å². The molecule has 0 spiro atoms. The SMILES string of the molecule is Cc1nnc(C2CC(c3ccc(NC(=O)N4Cc5ccncc5C4)cc3)=NN(CCCCCCNC(=O)CNC(=O)CCC(=O)O)C2=O)o1. The molecule has 49 heavy (non-hydrogen) atoms. The highest BCUT2D eigenvalue weighted by atomic mass is 16.4. The quantitative estimate of drug-likeness (QED) is 0.173. The molecule has 5 amide bonds. The Hall–Kier alpha value is -5.67. The van der Waals surface area contributed by atoms with Gasteiger partial charge in [0, 0.05) is 64.0 Å². The number of hydrogen-bond acceptors (Lipinski definition) is 10. The van der Waals surface area contributed by atoms with Crippen LogP contribution in [0.4, 0.5) is 10.5 Å². The lowest BCUT2D eigenvalue weighted by Gasteiger charge is -2.28. The normalized spacial score (nSPS) is 15.4. The summed E-state index contributed by atoms with van der Waals surface area (Å²) in [6.45, 7) is 3.29. The van der Waals surface area contributed by atoms with Crippen LogP contribution in [0.2, 0.25) is 0 Å². The number of anilines is 1. The number of aliphatic carboxylic acids is 1. The Balaban J connectivity index is 1.11. The summed E-state index contributed by atoms with van der Waals surface area (Å²) in [7, 11) is 0. The predicted octanol–water partition coefficient (Wildman–Crippen LogP) is 2.70. The smallest absolute Gasteiger partial charge is 0.322 e. The molecule has 4 N–H and O–H groups in total. The number of fused-ring (bicyclic) bond motifs is 1. The number of hydrazone groups is 1. The van der Waals surface area contributed by atoms with Crippen molar-refractivity contribution >= 4 is 41.1 Å². The van der Waals surface area contributed by atoms with E-state index in [-0.39, 0.29) is 49.5 Å². The van der Waals surface area contributed by atoms with Crippen molar-refractivity contribution in [3.63, 3.8) is 0 Å². The van der Waals surface area contributed by atoms with Gasteiger partial charge >= 0.3 is 12.0 Å². The van der Waals surface area contributed by atoms with E-state index in [1.54, 1.807) is 36.4 Å². The highest BCUT2D eigenvalue weighted by molar-refractivity contribution is 6.06. The number of nitrogens with zero attached hydrogens (tertiary/aromatic N) is 6. The lowest BCUT2D eigenvalue weighted by atomic mass is 9.94. The molecule has 1 aromatic carbocycles. The summed E-state index contributed by atoms with van der Waals surface area (Å²) < 4.78 is 5.64. The van der Waals surface area contributed by atoms with Crippen molar-refractivity contribution < 1.29 is 33.5 Å². The van der Waals surface area contributed by atoms with E-state index in [1.807, 2.05) is 18.2 Å². The van der Waals surface area contributed by atoms with Gasteiger partial charge in [0.25, 0.3) is 5.91 Å². The highest BCUT2D eigenvalue weighted by Gasteiger charge is 2.36. The average molecular weight is 674 g/mol. The van der Waals surface area contributed by atoms with E-state index in [9.17, 15) is 24.0 Å². The number of benzene rings is 1. The first-order valence-electron chi connectivity index (χ1n) is 16.2. The molecule has 2 aromatic heterocycles. The van der Waals surface area contributed by atoms with Gasteiger partial charge in [-0.1, -0.05) is 25.0 Å². The molecule has 16 nitrogen and oxygen atoms in total. The van der Waals surface area contributed by atoms with Gasteiger partial charge in [-0.3, -0.25) is 24.2 Å². The predicted molar refractivity (Wildman–Crippen MR) is 175 cm³/mol. The van der Waals surface area contributed by atoms with E-state index < -0.39 is 17.8 Å². The van der Waals surface area contributed by atoms with Crippen molar-refractivity contribution in [2.45, 2.75) is 70.9 Å². The van der Waals surface area contributed by atoms with Gasteiger partial charge in [-0.2, -0.15) is 5.10 Å². The first kappa shape index (κ1) is 34.7. The van der Waals surface area contributed by atoms with Crippen LogP contribution in [0.25, 0.3) is 0 Å². The lowest BCUT2D eigenvalue weighted by Crippen LogP contribution is -2.38. The molecular weight excluding hydrogens is 634 g/mol. The van der Waals surface area contributed by atoms with Crippen LogP contribution < -0.4 is 16.0 Å². The summed E-state index contributed by atoms with van der Waals surface area (Å²) >= 11 is 0. The fourth-order valence-electron chi connectivity index (χ4n) is 5.51. The molecule has 0 saturated heterocycles. The summed E-state index contributed by atoms with van der Waals surface area (Å²) in [6.07, 6.45) is 6.28. The van der Waals surface area contributed by atoms with Crippen LogP contribution in [0.1, 0.15) is 79.3 Å². The molecule has 0 bridgehead atoms. The second-order valence-electron chi connectivity index (χ2n) is 11.9. The van der Waals surface area contributed by atoms with Crippen LogP contribution in [0.5, 0.6) is 0 Å². The van der Waals surface area contributed by atoms with Crippen molar-refractivity contribution in [1.29, 1.82) is 0 Å². The number of urea groups is 1. The minimum Gasteiger partial charge on any atom is -0.481 e. The van der Waals surface area contributed by atoms with Gasteiger partial charge < -0.3 is 30.4 Å². The summed E-state index contributed by atoms with van der Waals surface area (Å²) in [6, 6.07) is 9.04. The third kappa shape index (κ3) is 9.68. The number of rotatable bonds is 15. The average Bonchev–Trinajstić information content (AvgIpc) is 3.73. The number of amides is 5. The zero-order valence-corrected chi connectivity index (χ0v) is 27.2. The molecule has 3 aromatic rings. The molecule has 2 aliphatic rings. The maximum atomic E-state index is 13.4. The number of carbonyl (C=O) groups is 5. The Kier molecular flexibility index (Phi) is 11.6. The van der Waals surface area contributed by atoms with E-state index >= 15 is 0 Å². The van der Waals surface area contributed by atoms with Crippen LogP contribution in [0, 0.1) is 6.92 Å². The molecule has 5 rings (SSSR count). The van der Waals surface area contributed by atoms with E-state index in [2.05, 4.69) is 31.1 Å². The van der Waals surface area contributed by atoms with Gasteiger partial charge in [0.2, 0.25) is 23.6 Å². The number of carboxylic acid groups (broad SMARTS) is 1. The van der Waals surface area contributed by atoms with Crippen LogP contribution >= 0.6 is 0 Å². The van der Waals surface area contributed by atoms with Crippen molar-refractivity contribution in [2.24, 2.45) is 5.10 Å². The topological polar surface area (TPSA) is 212 Å². The second-order valence-corrected chi connectivity index (χ2v) is 11.9. The van der Waals surface area contributed by atoms with Crippen molar-refractivity contribution in [1.82, 2.24) is 35.7 Å². The lowest BCUT2D eigenvalue weighted by molar-refractivity contribution is -0.138. The number of unbranched alkanes of at least 4 members (excludes halogenated alkanes) is 3. The van der Waals surface area contributed by atoms with Gasteiger partial charge in [-0.25, -0.2) is 9.80 Å². The fourth-order valence-corrected chi connectivity index (χ4v) is 5.51. The Labute approximate surface area is 282 Å². The highest BCUT2D eigenvalue weighted by Crippen LogP contribution is 2.29. The van der Waals surface area contributed by atoms with Gasteiger partial charge in [0.1, 0.15) is 5.92 Å². The van der Waals surface area contributed by atoms with Crippen LogP contribution in [0.3, 0.4) is 0 Å². The minimum atomic E-state index is -1.07. The first-order chi connectivity index (χ1) is 23.7. The Bertz CT molecular complexity index is 1680. The molecule has 0 saturated carbocycles. The number of aryl methyl sites for hydroxylation is 1. The molecule has 0 radical (unpaired) electrons. The van der Waals surface area contributed by atoms with Crippen LogP contribution in [0.15, 0.2) is 52.2 Å². The summed E-state index contributed by atoms with van der Waals surface area (Å²) in [4.78, 5) is 66.2. The maximum absolute atomic E-state index is 13.4. The fraction of sp³-hybridized carbons (Fsp3) is 0.424. The van der Waals surface area contributed by atoms with Crippen molar-refractivity contribution in [2.75, 3.05) is 25.0 Å². The molecule has 2 aliphatic heterocycles. The molecule has 16 heteroatoms. The van der Waals surface area contributed by atoms with E-state index in [0.717, 1.165) is 29.5 Å². The molecule has 1 atom stereocenters. The largest absolute Gasteiger partial charge is 0.481 e. The van der Waals surface area contributed by atoms with Crippen LogP contribution in [-0.4, -0.2) is 85.3 Å². The number of aromatic nitrogens is 3. The van der Waals surface area contributed by atoms with E-state index in [0.29, 0.717) is 56.3 Å². The Morgan fingerprint density at radius 2 is 1.71 bits per heavy atom. The standard InChI is InChI=1S/C33H39N9O7/c1-21-38-39-31(49-21)26-16-27(22-6-8-25(9-7-22)37-33(48)41-19-23-12-14-34-17-24(23)20-41)40-42(32(26)47)15-5-3-2-4-13-35-29(44)18-36-28(43)10-11-30(45)46/h6-9,12,14,17,26H,2-5,10-11,13,15-16,18-20H2,1H3,(H,35,44)(H,36,43)(H,37,48)(H,45,46). The zero-order chi connectivity index (χ0) is 34.8. The monoisotopic (exact) mass is 673 g/mol. The minimum absolute atomic E-state index is 0.178. The third-order valence-corrected chi connectivity index (χ3v) is 8.15. The van der Waals surface area contributed by atoms with Crippen LogP contribution in [-0.2, 0) is 32.3 Å². The number of hydrogen-bond donors (Lipinski definition) is 4. The molecule has 0 aliphatic carbocycles. The first-order valence-corrected chi connectivity index (χ1v) is 16.2. The Morgan fingerprint density at radius 3 is 2.45 bits per heavy atom. The molecule has 0 fully saturated rings. The van der Waals surface area contributed by atoms with Gasteiger partial charge in [0.15, 0.2) is 0 Å². The van der Waals surface area contributed by atoms with Gasteiger partial charge in [-0.15, -0.1) is 10.2 Å². The Morgan fingerprint density at radius 1 is 0.939 bits per heavy atom. The maximum Gasteiger partial charge on any atom is 0.322 e. The van der Waals surface area contributed by atoms with E-state index in [1.165, 1.54) is 5.01 Å². The number of carboxylic acids is 1. The second kappa shape index (κ2) is 16.4.